The van der Waals surface area contributed by atoms with Crippen LogP contribution in [0, 0.1) is 5.41 Å². The maximum absolute atomic E-state index is 14.4. The number of aryl methyl sites for hydroxylation is 1. The summed E-state index contributed by atoms with van der Waals surface area (Å²) >= 11 is 6.61. The van der Waals surface area contributed by atoms with Crippen LogP contribution >= 0.6 is 11.6 Å². The number of piperidine rings is 1. The van der Waals surface area contributed by atoms with Crippen LogP contribution in [0.4, 0.5) is 5.69 Å². The molecule has 49 heavy (non-hydrogen) atoms. The molecule has 9 heteroatoms. The van der Waals surface area contributed by atoms with Crippen molar-refractivity contribution in [3.8, 4) is 11.5 Å². The SMILES string of the molecule is COc1c(OCCCNCCCc2ccccc2)cccc1[C@H]1O[C@H](CC(=O)N2CCCCC2)C(=O)N(CC(C)(C)C)c2ccc(Cl)cc21. The van der Waals surface area contributed by atoms with Gasteiger partial charge in [0.15, 0.2) is 11.5 Å². The van der Waals surface area contributed by atoms with Crippen molar-refractivity contribution in [1.29, 1.82) is 0 Å². The van der Waals surface area contributed by atoms with E-state index in [1.165, 1.54) is 5.56 Å². The largest absolute Gasteiger partial charge is 0.492 e. The lowest BCUT2D eigenvalue weighted by atomic mass is 9.94. The average Bonchev–Trinajstić information content (AvgIpc) is 3.19. The summed E-state index contributed by atoms with van der Waals surface area (Å²) in [7, 11) is 1.62. The molecule has 3 aromatic carbocycles. The molecule has 1 fully saturated rings. The molecule has 5 rings (SSSR count). The number of fused-ring (bicyclic) bond motifs is 1. The highest BCUT2D eigenvalue weighted by Gasteiger charge is 2.40. The summed E-state index contributed by atoms with van der Waals surface area (Å²) in [4.78, 5) is 31.6. The first-order valence-electron chi connectivity index (χ1n) is 17.7. The Bertz CT molecular complexity index is 1540. The lowest BCUT2D eigenvalue weighted by Crippen LogP contribution is -2.46. The quantitative estimate of drug-likeness (QED) is 0.176. The number of carbonyl (C=O) groups is 2. The third-order valence-electron chi connectivity index (χ3n) is 9.02. The van der Waals surface area contributed by atoms with Crippen molar-refractivity contribution >= 4 is 29.1 Å². The minimum absolute atomic E-state index is 0.0332. The number of likely N-dealkylation sites (tertiary alicyclic amines) is 1. The van der Waals surface area contributed by atoms with E-state index in [0.29, 0.717) is 54.0 Å². The minimum atomic E-state index is -0.991. The van der Waals surface area contributed by atoms with E-state index in [4.69, 9.17) is 25.8 Å². The summed E-state index contributed by atoms with van der Waals surface area (Å²) in [6.45, 7) is 10.4. The lowest BCUT2D eigenvalue weighted by molar-refractivity contribution is -0.143. The average molecular weight is 690 g/mol. The number of ether oxygens (including phenoxy) is 3. The van der Waals surface area contributed by atoms with E-state index >= 15 is 0 Å². The second kappa shape index (κ2) is 17.4. The molecule has 2 amide bonds. The molecule has 1 saturated heterocycles. The molecular weight excluding hydrogens is 638 g/mol. The van der Waals surface area contributed by atoms with E-state index < -0.39 is 12.2 Å². The first-order valence-corrected chi connectivity index (χ1v) is 18.1. The summed E-state index contributed by atoms with van der Waals surface area (Å²) < 4.78 is 19.0. The molecule has 2 atom stereocenters. The Balaban J connectivity index is 1.35. The van der Waals surface area contributed by atoms with E-state index in [1.807, 2.05) is 41.3 Å². The number of hydrogen-bond acceptors (Lipinski definition) is 6. The molecule has 264 valence electrons. The van der Waals surface area contributed by atoms with Crippen LogP contribution in [-0.2, 0) is 20.7 Å². The van der Waals surface area contributed by atoms with Crippen LogP contribution in [0.5, 0.6) is 11.5 Å². The van der Waals surface area contributed by atoms with Gasteiger partial charge >= 0.3 is 0 Å². The fraction of sp³-hybridized carbons (Fsp3) is 0.500. The normalized spacial score (nSPS) is 18.2. The zero-order valence-corrected chi connectivity index (χ0v) is 30.3. The molecule has 8 nitrogen and oxygen atoms in total. The van der Waals surface area contributed by atoms with Gasteiger partial charge in [0.1, 0.15) is 12.2 Å². The zero-order valence-electron chi connectivity index (χ0n) is 29.5. The number of hydrogen-bond donors (Lipinski definition) is 1. The second-order valence-electron chi connectivity index (χ2n) is 14.3. The molecule has 2 aliphatic rings. The monoisotopic (exact) mass is 689 g/mol. The number of halogens is 1. The van der Waals surface area contributed by atoms with Gasteiger partial charge in [0.25, 0.3) is 5.91 Å². The highest BCUT2D eigenvalue weighted by atomic mass is 35.5. The molecule has 0 radical (unpaired) electrons. The van der Waals surface area contributed by atoms with E-state index in [1.54, 1.807) is 18.1 Å². The molecule has 2 aliphatic heterocycles. The molecule has 0 aliphatic carbocycles. The molecular formula is C40H52ClN3O5. The van der Waals surface area contributed by atoms with Gasteiger partial charge in [0, 0.05) is 41.5 Å². The Labute approximate surface area is 297 Å². The molecule has 1 N–H and O–H groups in total. The number of nitrogens with zero attached hydrogens (tertiary/aromatic N) is 2. The van der Waals surface area contributed by atoms with Crippen molar-refractivity contribution in [2.75, 3.05) is 51.3 Å². The van der Waals surface area contributed by atoms with Gasteiger partial charge in [-0.25, -0.2) is 0 Å². The lowest BCUT2D eigenvalue weighted by Gasteiger charge is -2.32. The first-order chi connectivity index (χ1) is 23.6. The van der Waals surface area contributed by atoms with Crippen molar-refractivity contribution in [3.63, 3.8) is 0 Å². The third-order valence-corrected chi connectivity index (χ3v) is 9.25. The summed E-state index contributed by atoms with van der Waals surface area (Å²) in [5.41, 5.74) is 3.31. The number of methoxy groups -OCH3 is 1. The third kappa shape index (κ3) is 9.99. The Morgan fingerprint density at radius 3 is 2.45 bits per heavy atom. The van der Waals surface area contributed by atoms with Crippen molar-refractivity contribution in [3.05, 3.63) is 88.4 Å². The number of para-hydroxylation sites is 1. The van der Waals surface area contributed by atoms with Crippen LogP contribution in [-0.4, -0.2) is 69.3 Å². The molecule has 0 aromatic heterocycles. The molecule has 3 aromatic rings. The van der Waals surface area contributed by atoms with Gasteiger partial charge in [0.2, 0.25) is 5.91 Å². The van der Waals surface area contributed by atoms with Crippen LogP contribution in [0.15, 0.2) is 66.7 Å². The number of rotatable bonds is 14. The number of anilines is 1. The maximum atomic E-state index is 14.4. The highest BCUT2D eigenvalue weighted by molar-refractivity contribution is 6.30. The van der Waals surface area contributed by atoms with Gasteiger partial charge in [-0.05, 0) is 86.9 Å². The zero-order chi connectivity index (χ0) is 34.8. The van der Waals surface area contributed by atoms with Crippen molar-refractivity contribution in [2.24, 2.45) is 5.41 Å². The van der Waals surface area contributed by atoms with Crippen LogP contribution in [0.1, 0.15) is 82.1 Å². The number of benzene rings is 3. The Kier molecular flexibility index (Phi) is 13.0. The van der Waals surface area contributed by atoms with Gasteiger partial charge in [-0.2, -0.15) is 0 Å². The van der Waals surface area contributed by atoms with Gasteiger partial charge in [-0.1, -0.05) is 74.8 Å². The fourth-order valence-corrected chi connectivity index (χ4v) is 6.83. The van der Waals surface area contributed by atoms with Gasteiger partial charge in [0.05, 0.1) is 20.1 Å². The predicted octanol–water partition coefficient (Wildman–Crippen LogP) is 7.61. The van der Waals surface area contributed by atoms with E-state index in [9.17, 15) is 9.59 Å². The summed E-state index contributed by atoms with van der Waals surface area (Å²) in [6.07, 6.45) is 4.27. The first kappa shape index (κ1) is 36.7. The van der Waals surface area contributed by atoms with Gasteiger partial charge in [-0.3, -0.25) is 9.59 Å². The van der Waals surface area contributed by atoms with Crippen molar-refractivity contribution in [2.45, 2.75) is 77.9 Å². The smallest absolute Gasteiger partial charge is 0.256 e. The number of carbonyl (C=O) groups excluding carboxylic acids is 2. The molecule has 0 saturated carbocycles. The Morgan fingerprint density at radius 1 is 0.959 bits per heavy atom. The molecule has 0 bridgehead atoms. The number of amides is 2. The van der Waals surface area contributed by atoms with E-state index in [-0.39, 0.29) is 23.7 Å². The minimum Gasteiger partial charge on any atom is -0.492 e. The maximum Gasteiger partial charge on any atom is 0.256 e. The molecule has 0 unspecified atom stereocenters. The Morgan fingerprint density at radius 2 is 1.71 bits per heavy atom. The fourth-order valence-electron chi connectivity index (χ4n) is 6.65. The highest BCUT2D eigenvalue weighted by Crippen LogP contribution is 2.45. The van der Waals surface area contributed by atoms with E-state index in [0.717, 1.165) is 57.2 Å². The van der Waals surface area contributed by atoms with Gasteiger partial charge in [-0.15, -0.1) is 0 Å². The second-order valence-corrected chi connectivity index (χ2v) is 14.7. The summed E-state index contributed by atoms with van der Waals surface area (Å²) in [6, 6.07) is 21.8. The van der Waals surface area contributed by atoms with Crippen LogP contribution < -0.4 is 19.7 Å². The summed E-state index contributed by atoms with van der Waals surface area (Å²) in [5.74, 6) is 0.842. The van der Waals surface area contributed by atoms with Crippen LogP contribution in [0.3, 0.4) is 0 Å². The van der Waals surface area contributed by atoms with Crippen molar-refractivity contribution < 1.29 is 23.8 Å². The number of nitrogens with one attached hydrogen (secondary N) is 1. The Hall–Kier alpha value is -3.59. The summed E-state index contributed by atoms with van der Waals surface area (Å²) in [5, 5.41) is 4.04. The predicted molar refractivity (Wildman–Crippen MR) is 196 cm³/mol. The topological polar surface area (TPSA) is 80.3 Å². The van der Waals surface area contributed by atoms with Gasteiger partial charge < -0.3 is 29.3 Å². The standard InChI is InChI=1S/C40H52ClN3O5/c1-40(2,3)28-44-33-20-19-30(41)26-32(33)37(49-35(39(44)46)27-36(45)43-23-9-6-10-24-43)31-17-11-18-34(38(31)47-4)48-25-13-22-42-21-12-16-29-14-7-5-8-15-29/h5,7-8,11,14-15,17-20,26,35,37,42H,6,9-10,12-13,16,21-25,27-28H2,1-4H3/t35-,37-/m1/s1. The van der Waals surface area contributed by atoms with E-state index in [2.05, 4.69) is 50.4 Å². The van der Waals surface area contributed by atoms with Crippen LogP contribution in [0.2, 0.25) is 5.02 Å². The van der Waals surface area contributed by atoms with Crippen LogP contribution in [0.25, 0.3) is 0 Å². The molecule has 2 heterocycles. The van der Waals surface area contributed by atoms with Crippen molar-refractivity contribution in [1.82, 2.24) is 10.2 Å². The molecule has 0 spiro atoms.